The highest BCUT2D eigenvalue weighted by Gasteiger charge is 2.33. The summed E-state index contributed by atoms with van der Waals surface area (Å²) in [6.45, 7) is 5.68. The molecular weight excluding hydrogens is 192 g/mol. The Kier molecular flexibility index (Phi) is 3.14. The summed E-state index contributed by atoms with van der Waals surface area (Å²) in [6.07, 6.45) is 4.42. The average molecular weight is 212 g/mol. The maximum absolute atomic E-state index is 12.1. The number of rotatable bonds is 0. The molecule has 0 aliphatic carbocycles. The fraction of sp³-hybridized carbons (Fsp3) is 0.909. The molecule has 2 atom stereocenters. The van der Waals surface area contributed by atoms with Crippen molar-refractivity contribution in [2.24, 2.45) is 0 Å². The lowest BCUT2D eigenvalue weighted by Gasteiger charge is -2.40. The lowest BCUT2D eigenvalue weighted by Crippen LogP contribution is -2.52. The van der Waals surface area contributed by atoms with E-state index in [1.165, 1.54) is 11.5 Å². The molecule has 4 nitrogen and oxygen atoms in total. The van der Waals surface area contributed by atoms with Crippen molar-refractivity contribution in [3.63, 3.8) is 0 Å². The molecule has 2 unspecified atom stereocenters. The van der Waals surface area contributed by atoms with Crippen LogP contribution in [0.2, 0.25) is 0 Å². The SMILES string of the molecule is CC1CCCC(C)N1C(=O)N1CCCO1. The second kappa shape index (κ2) is 4.39. The van der Waals surface area contributed by atoms with Crippen LogP contribution in [0, 0.1) is 0 Å². The van der Waals surface area contributed by atoms with E-state index < -0.39 is 0 Å². The van der Waals surface area contributed by atoms with Gasteiger partial charge in [-0.3, -0.25) is 4.84 Å². The van der Waals surface area contributed by atoms with E-state index >= 15 is 0 Å². The molecule has 2 saturated heterocycles. The van der Waals surface area contributed by atoms with Gasteiger partial charge in [0, 0.05) is 12.1 Å². The molecule has 0 radical (unpaired) electrons. The first-order valence-corrected chi connectivity index (χ1v) is 5.93. The number of carbonyl (C=O) groups is 1. The van der Waals surface area contributed by atoms with Gasteiger partial charge in [-0.1, -0.05) is 0 Å². The third-order valence-electron chi connectivity index (χ3n) is 3.38. The van der Waals surface area contributed by atoms with Gasteiger partial charge in [-0.2, -0.15) is 0 Å². The molecule has 2 fully saturated rings. The van der Waals surface area contributed by atoms with Crippen LogP contribution in [0.1, 0.15) is 39.5 Å². The van der Waals surface area contributed by atoms with Crippen LogP contribution in [0.3, 0.4) is 0 Å². The molecule has 2 aliphatic heterocycles. The molecule has 4 heteroatoms. The lowest BCUT2D eigenvalue weighted by molar-refractivity contribution is -0.0851. The van der Waals surface area contributed by atoms with Gasteiger partial charge in [-0.05, 0) is 39.5 Å². The van der Waals surface area contributed by atoms with Crippen molar-refractivity contribution < 1.29 is 9.63 Å². The first-order valence-electron chi connectivity index (χ1n) is 5.93. The predicted molar refractivity (Wildman–Crippen MR) is 57.3 cm³/mol. The average Bonchev–Trinajstić information content (AvgIpc) is 2.69. The zero-order chi connectivity index (χ0) is 10.8. The van der Waals surface area contributed by atoms with Gasteiger partial charge in [0.1, 0.15) is 0 Å². The fourth-order valence-electron chi connectivity index (χ4n) is 2.53. The van der Waals surface area contributed by atoms with Crippen molar-refractivity contribution in [3.8, 4) is 0 Å². The van der Waals surface area contributed by atoms with Gasteiger partial charge < -0.3 is 4.90 Å². The zero-order valence-corrected chi connectivity index (χ0v) is 9.61. The smallest absolute Gasteiger partial charge is 0.317 e. The molecular formula is C11H20N2O2. The van der Waals surface area contributed by atoms with Gasteiger partial charge >= 0.3 is 6.03 Å². The van der Waals surface area contributed by atoms with E-state index in [4.69, 9.17) is 4.84 Å². The van der Waals surface area contributed by atoms with E-state index in [0.717, 1.165) is 25.8 Å². The number of hydrogen-bond donors (Lipinski definition) is 0. The Labute approximate surface area is 91.1 Å². The summed E-state index contributed by atoms with van der Waals surface area (Å²) in [5, 5.41) is 1.53. The second-order valence-electron chi connectivity index (χ2n) is 4.61. The van der Waals surface area contributed by atoms with E-state index in [2.05, 4.69) is 13.8 Å². The van der Waals surface area contributed by atoms with Gasteiger partial charge in [-0.15, -0.1) is 0 Å². The van der Waals surface area contributed by atoms with Gasteiger partial charge in [0.2, 0.25) is 0 Å². The third kappa shape index (κ3) is 2.09. The normalized spacial score (nSPS) is 32.1. The minimum absolute atomic E-state index is 0.0622. The Morgan fingerprint density at radius 2 is 1.87 bits per heavy atom. The van der Waals surface area contributed by atoms with Gasteiger partial charge in [0.05, 0.1) is 13.2 Å². The molecule has 0 N–H and O–H groups in total. The molecule has 0 aromatic carbocycles. The summed E-state index contributed by atoms with van der Waals surface area (Å²) < 4.78 is 0. The first kappa shape index (κ1) is 10.7. The molecule has 2 heterocycles. The molecule has 0 bridgehead atoms. The number of hydroxylamine groups is 2. The van der Waals surface area contributed by atoms with E-state index in [1.807, 2.05) is 4.90 Å². The Balaban J connectivity index is 2.02. The van der Waals surface area contributed by atoms with Crippen LogP contribution >= 0.6 is 0 Å². The number of piperidine rings is 1. The molecule has 2 aliphatic rings. The van der Waals surface area contributed by atoms with Crippen LogP contribution in [0.5, 0.6) is 0 Å². The summed E-state index contributed by atoms with van der Waals surface area (Å²) in [4.78, 5) is 19.4. The summed E-state index contributed by atoms with van der Waals surface area (Å²) in [7, 11) is 0. The number of urea groups is 1. The van der Waals surface area contributed by atoms with E-state index in [0.29, 0.717) is 18.7 Å². The number of hydrogen-bond acceptors (Lipinski definition) is 2. The predicted octanol–water partition coefficient (Wildman–Crippen LogP) is 2.01. The van der Waals surface area contributed by atoms with Gasteiger partial charge in [-0.25, -0.2) is 9.86 Å². The topological polar surface area (TPSA) is 32.8 Å². The highest BCUT2D eigenvalue weighted by Crippen LogP contribution is 2.24. The van der Waals surface area contributed by atoms with Gasteiger partial charge in [0.25, 0.3) is 0 Å². The zero-order valence-electron chi connectivity index (χ0n) is 9.61. The lowest BCUT2D eigenvalue weighted by atomic mass is 9.98. The molecule has 0 saturated carbocycles. The Morgan fingerprint density at radius 1 is 1.20 bits per heavy atom. The Hall–Kier alpha value is -0.770. The standard InChI is InChI=1S/C11H20N2O2/c1-9-5-3-6-10(2)13(9)11(14)12-7-4-8-15-12/h9-10H,3-8H2,1-2H3. The van der Waals surface area contributed by atoms with E-state index in [1.54, 1.807) is 0 Å². The molecule has 86 valence electrons. The van der Waals surface area contributed by atoms with Crippen LogP contribution in [-0.4, -0.2) is 41.2 Å². The second-order valence-corrected chi connectivity index (χ2v) is 4.61. The maximum atomic E-state index is 12.1. The van der Waals surface area contributed by atoms with E-state index in [9.17, 15) is 4.79 Å². The highest BCUT2D eigenvalue weighted by molar-refractivity contribution is 5.74. The molecule has 2 rings (SSSR count). The summed E-state index contributed by atoms with van der Waals surface area (Å²) in [6, 6.07) is 0.767. The minimum atomic E-state index is 0.0622. The summed E-state index contributed by atoms with van der Waals surface area (Å²) >= 11 is 0. The van der Waals surface area contributed by atoms with Crippen LogP contribution in [0.15, 0.2) is 0 Å². The quantitative estimate of drug-likeness (QED) is 0.615. The van der Waals surface area contributed by atoms with Crippen molar-refractivity contribution in [2.45, 2.75) is 51.6 Å². The minimum Gasteiger partial charge on any atom is -0.317 e. The number of carbonyl (C=O) groups excluding carboxylic acids is 1. The van der Waals surface area contributed by atoms with Crippen LogP contribution < -0.4 is 0 Å². The maximum Gasteiger partial charge on any atom is 0.344 e. The molecule has 2 amide bonds. The number of nitrogens with zero attached hydrogens (tertiary/aromatic N) is 2. The first-order chi connectivity index (χ1) is 7.20. The van der Waals surface area contributed by atoms with Crippen LogP contribution in [-0.2, 0) is 4.84 Å². The molecule has 0 spiro atoms. The Bertz CT molecular complexity index is 229. The number of likely N-dealkylation sites (tertiary alicyclic amines) is 1. The van der Waals surface area contributed by atoms with Crippen molar-refractivity contribution in [1.29, 1.82) is 0 Å². The fourth-order valence-corrected chi connectivity index (χ4v) is 2.53. The Morgan fingerprint density at radius 3 is 2.40 bits per heavy atom. The third-order valence-corrected chi connectivity index (χ3v) is 3.38. The van der Waals surface area contributed by atoms with Crippen molar-refractivity contribution in [1.82, 2.24) is 9.96 Å². The van der Waals surface area contributed by atoms with Gasteiger partial charge in [0.15, 0.2) is 0 Å². The van der Waals surface area contributed by atoms with E-state index in [-0.39, 0.29) is 6.03 Å². The van der Waals surface area contributed by atoms with Crippen molar-refractivity contribution in [2.75, 3.05) is 13.2 Å². The highest BCUT2D eigenvalue weighted by atomic mass is 16.7. The molecule has 0 aromatic rings. The molecule has 15 heavy (non-hydrogen) atoms. The largest absolute Gasteiger partial charge is 0.344 e. The molecule has 0 aromatic heterocycles. The van der Waals surface area contributed by atoms with Crippen molar-refractivity contribution in [3.05, 3.63) is 0 Å². The van der Waals surface area contributed by atoms with Crippen LogP contribution in [0.25, 0.3) is 0 Å². The summed E-state index contributed by atoms with van der Waals surface area (Å²) in [5.41, 5.74) is 0. The number of amides is 2. The summed E-state index contributed by atoms with van der Waals surface area (Å²) in [5.74, 6) is 0. The van der Waals surface area contributed by atoms with Crippen LogP contribution in [0.4, 0.5) is 4.79 Å². The monoisotopic (exact) mass is 212 g/mol. The van der Waals surface area contributed by atoms with Crippen molar-refractivity contribution >= 4 is 6.03 Å².